The summed E-state index contributed by atoms with van der Waals surface area (Å²) in [6, 6.07) is 0.690. The second-order valence-electron chi connectivity index (χ2n) is 4.90. The Hall–Kier alpha value is -0.410. The predicted molar refractivity (Wildman–Crippen MR) is 70.0 cm³/mol. The van der Waals surface area contributed by atoms with Gasteiger partial charge >= 0.3 is 0 Å². The smallest absolute Gasteiger partial charge is 0.0797 e. The molecular weight excluding hydrogens is 216 g/mol. The molecule has 0 amide bonds. The number of aryl methyl sites for hydroxylation is 1. The fourth-order valence-electron chi connectivity index (χ4n) is 2.60. The zero-order valence-corrected chi connectivity index (χ0v) is 11.1. The molecule has 1 aromatic rings. The van der Waals surface area contributed by atoms with Gasteiger partial charge in [-0.05, 0) is 39.0 Å². The normalized spacial score (nSPS) is 19.1. The van der Waals surface area contributed by atoms with Crippen LogP contribution >= 0.6 is 11.3 Å². The molecule has 2 nitrogen and oxygen atoms in total. The first-order chi connectivity index (χ1) is 7.77. The molecule has 3 heteroatoms. The van der Waals surface area contributed by atoms with Crippen LogP contribution in [0.25, 0.3) is 0 Å². The minimum Gasteiger partial charge on any atom is -0.314 e. The van der Waals surface area contributed by atoms with Crippen LogP contribution in [0.1, 0.15) is 43.2 Å². The fraction of sp³-hybridized carbons (Fsp3) is 0.769. The lowest BCUT2D eigenvalue weighted by Gasteiger charge is -2.20. The zero-order chi connectivity index (χ0) is 11.4. The third kappa shape index (κ3) is 3.05. The second kappa shape index (κ2) is 5.78. The molecule has 2 rings (SSSR count). The summed E-state index contributed by atoms with van der Waals surface area (Å²) in [6.45, 7) is 5.54. The van der Waals surface area contributed by atoms with Crippen LogP contribution in [0, 0.1) is 12.8 Å². The minimum absolute atomic E-state index is 0.690. The Balaban J connectivity index is 1.69. The van der Waals surface area contributed by atoms with Crippen molar-refractivity contribution in [2.24, 2.45) is 5.92 Å². The molecule has 0 aromatic carbocycles. The highest BCUT2D eigenvalue weighted by molar-refractivity contribution is 7.09. The molecule has 16 heavy (non-hydrogen) atoms. The molecular formula is C13H22N2S. The highest BCUT2D eigenvalue weighted by Crippen LogP contribution is 2.27. The number of aromatic nitrogens is 1. The average molecular weight is 238 g/mol. The molecule has 1 heterocycles. The van der Waals surface area contributed by atoms with Crippen molar-refractivity contribution in [1.82, 2.24) is 10.3 Å². The Morgan fingerprint density at radius 3 is 2.88 bits per heavy atom. The molecule has 0 spiro atoms. The molecule has 0 radical (unpaired) electrons. The van der Waals surface area contributed by atoms with Gasteiger partial charge in [-0.1, -0.05) is 12.8 Å². The molecule has 0 bridgehead atoms. The first kappa shape index (κ1) is 12.1. The van der Waals surface area contributed by atoms with Crippen molar-refractivity contribution in [3.63, 3.8) is 0 Å². The lowest BCUT2D eigenvalue weighted by Crippen LogP contribution is -2.33. The molecule has 1 aliphatic carbocycles. The van der Waals surface area contributed by atoms with E-state index in [1.54, 1.807) is 11.3 Å². The highest BCUT2D eigenvalue weighted by atomic mass is 32.1. The number of hydrogen-bond donors (Lipinski definition) is 1. The predicted octanol–water partition coefficient (Wildman–Crippen LogP) is 3.16. The molecule has 1 aromatic heterocycles. The van der Waals surface area contributed by atoms with E-state index in [0.717, 1.165) is 18.9 Å². The highest BCUT2D eigenvalue weighted by Gasteiger charge is 2.20. The first-order valence-electron chi connectivity index (χ1n) is 6.39. The first-order valence-corrected chi connectivity index (χ1v) is 7.27. The summed E-state index contributed by atoms with van der Waals surface area (Å²) in [5.74, 6) is 0.919. The Bertz CT molecular complexity index is 315. The average Bonchev–Trinajstić information content (AvgIpc) is 2.90. The molecule has 90 valence electrons. The van der Waals surface area contributed by atoms with Crippen LogP contribution in [0.4, 0.5) is 0 Å². The van der Waals surface area contributed by atoms with E-state index in [4.69, 9.17) is 0 Å². The number of hydrogen-bond acceptors (Lipinski definition) is 3. The van der Waals surface area contributed by atoms with Gasteiger partial charge in [0.2, 0.25) is 0 Å². The van der Waals surface area contributed by atoms with Crippen LogP contribution in [0.2, 0.25) is 0 Å². The fourth-order valence-corrected chi connectivity index (χ4v) is 3.38. The van der Waals surface area contributed by atoms with E-state index in [-0.39, 0.29) is 0 Å². The quantitative estimate of drug-likeness (QED) is 0.852. The van der Waals surface area contributed by atoms with Gasteiger partial charge in [0.1, 0.15) is 0 Å². The van der Waals surface area contributed by atoms with Crippen LogP contribution in [0.3, 0.4) is 0 Å². The lowest BCUT2D eigenvalue weighted by atomic mass is 10.00. The van der Waals surface area contributed by atoms with E-state index < -0.39 is 0 Å². The van der Waals surface area contributed by atoms with Crippen molar-refractivity contribution in [1.29, 1.82) is 0 Å². The topological polar surface area (TPSA) is 24.9 Å². The van der Waals surface area contributed by atoms with Crippen molar-refractivity contribution in [3.8, 4) is 0 Å². The van der Waals surface area contributed by atoms with Crippen LogP contribution < -0.4 is 5.32 Å². The molecule has 0 saturated heterocycles. The summed E-state index contributed by atoms with van der Waals surface area (Å²) in [6.07, 6.45) is 6.85. The van der Waals surface area contributed by atoms with Crippen molar-refractivity contribution in [2.75, 3.05) is 6.54 Å². The van der Waals surface area contributed by atoms with Gasteiger partial charge in [-0.2, -0.15) is 0 Å². The Morgan fingerprint density at radius 1 is 1.50 bits per heavy atom. The third-order valence-corrected chi connectivity index (χ3v) is 4.77. The Morgan fingerprint density at radius 2 is 2.25 bits per heavy atom. The summed E-state index contributed by atoms with van der Waals surface area (Å²) in [7, 11) is 0. The van der Waals surface area contributed by atoms with Crippen molar-refractivity contribution >= 4 is 11.3 Å². The van der Waals surface area contributed by atoms with Gasteiger partial charge in [0.05, 0.1) is 11.2 Å². The largest absolute Gasteiger partial charge is 0.314 e. The zero-order valence-electron chi connectivity index (χ0n) is 10.3. The molecule has 1 aliphatic rings. The molecule has 0 unspecified atom stereocenters. The number of thiazole rings is 1. The van der Waals surface area contributed by atoms with Crippen LogP contribution in [0.15, 0.2) is 5.51 Å². The van der Waals surface area contributed by atoms with Gasteiger partial charge in [-0.25, -0.2) is 4.98 Å². The van der Waals surface area contributed by atoms with Gasteiger partial charge in [-0.15, -0.1) is 11.3 Å². The van der Waals surface area contributed by atoms with Crippen molar-refractivity contribution < 1.29 is 0 Å². The maximum absolute atomic E-state index is 4.28. The van der Waals surface area contributed by atoms with Crippen LogP contribution in [-0.2, 0) is 6.42 Å². The summed E-state index contributed by atoms with van der Waals surface area (Å²) >= 11 is 1.78. The van der Waals surface area contributed by atoms with Crippen LogP contribution in [-0.4, -0.2) is 17.6 Å². The van der Waals surface area contributed by atoms with Crippen molar-refractivity contribution in [2.45, 2.75) is 52.0 Å². The van der Waals surface area contributed by atoms with E-state index >= 15 is 0 Å². The van der Waals surface area contributed by atoms with Gasteiger partial charge in [0, 0.05) is 17.5 Å². The molecule has 1 saturated carbocycles. The number of nitrogens with zero attached hydrogens (tertiary/aromatic N) is 1. The van der Waals surface area contributed by atoms with E-state index in [2.05, 4.69) is 24.1 Å². The Kier molecular flexibility index (Phi) is 4.36. The van der Waals surface area contributed by atoms with E-state index in [0.29, 0.717) is 6.04 Å². The molecule has 1 fully saturated rings. The summed E-state index contributed by atoms with van der Waals surface area (Å²) < 4.78 is 0. The number of rotatable bonds is 5. The van der Waals surface area contributed by atoms with E-state index in [1.807, 2.05) is 5.51 Å². The van der Waals surface area contributed by atoms with Crippen LogP contribution in [0.5, 0.6) is 0 Å². The summed E-state index contributed by atoms with van der Waals surface area (Å²) in [4.78, 5) is 5.72. The molecule has 1 atom stereocenters. The molecule has 1 N–H and O–H groups in total. The maximum atomic E-state index is 4.28. The van der Waals surface area contributed by atoms with Gasteiger partial charge in [0.15, 0.2) is 0 Å². The SMILES string of the molecule is Cc1ncsc1CCN[C@@H](C)C1CCCC1. The minimum atomic E-state index is 0.690. The second-order valence-corrected chi connectivity index (χ2v) is 5.84. The van der Waals surface area contributed by atoms with Gasteiger partial charge < -0.3 is 5.32 Å². The maximum Gasteiger partial charge on any atom is 0.0797 e. The van der Waals surface area contributed by atoms with Crippen molar-refractivity contribution in [3.05, 3.63) is 16.1 Å². The monoisotopic (exact) mass is 238 g/mol. The number of nitrogens with one attached hydrogen (secondary N) is 1. The van der Waals surface area contributed by atoms with Gasteiger partial charge in [-0.3, -0.25) is 0 Å². The van der Waals surface area contributed by atoms with E-state index in [1.165, 1.54) is 36.3 Å². The molecule has 0 aliphatic heterocycles. The standard InChI is InChI=1S/C13H22N2S/c1-10(12-5-3-4-6-12)14-8-7-13-11(2)15-9-16-13/h9-10,12,14H,3-8H2,1-2H3/t10-/m0/s1. The summed E-state index contributed by atoms with van der Waals surface area (Å²) in [5.41, 5.74) is 3.16. The Labute approximate surface area is 102 Å². The third-order valence-electron chi connectivity index (χ3n) is 3.77. The lowest BCUT2D eigenvalue weighted by molar-refractivity contribution is 0.384. The summed E-state index contributed by atoms with van der Waals surface area (Å²) in [5, 5.41) is 3.67. The van der Waals surface area contributed by atoms with Gasteiger partial charge in [0.25, 0.3) is 0 Å². The van der Waals surface area contributed by atoms with E-state index in [9.17, 15) is 0 Å².